The number of carbonyl (C=O) groups is 2. The first-order valence-electron chi connectivity index (χ1n) is 5.79. The fraction of sp³-hybridized carbons (Fsp3) is 0.750. The Hall–Kier alpha value is -1.57. The van der Waals surface area contributed by atoms with Crippen LogP contribution >= 0.6 is 0 Å². The molecule has 1 aliphatic rings. The van der Waals surface area contributed by atoms with Crippen LogP contribution in [-0.2, 0) is 19.1 Å². The molecule has 5 nitrogen and oxygen atoms in total. The summed E-state index contributed by atoms with van der Waals surface area (Å²) in [5, 5.41) is 8.36. The maximum absolute atomic E-state index is 11.6. The molecule has 94 valence electrons. The van der Waals surface area contributed by atoms with Crippen LogP contribution in [0.4, 0.5) is 0 Å². The summed E-state index contributed by atoms with van der Waals surface area (Å²) in [7, 11) is 0. The molecule has 1 fully saturated rings. The van der Waals surface area contributed by atoms with Crippen LogP contribution in [0.3, 0.4) is 0 Å². The number of esters is 2. The fourth-order valence-electron chi connectivity index (χ4n) is 1.71. The van der Waals surface area contributed by atoms with Crippen molar-refractivity contribution in [2.75, 3.05) is 0 Å². The number of hydrogen-bond donors (Lipinski definition) is 0. The third kappa shape index (κ3) is 4.06. The van der Waals surface area contributed by atoms with E-state index in [4.69, 9.17) is 14.7 Å². The second kappa shape index (κ2) is 5.67. The molecule has 0 amide bonds. The summed E-state index contributed by atoms with van der Waals surface area (Å²) >= 11 is 0. The number of cyclic esters (lactones) is 2. The second-order valence-electron chi connectivity index (χ2n) is 4.55. The summed E-state index contributed by atoms with van der Waals surface area (Å²) in [4.78, 5) is 23.1. The lowest BCUT2D eigenvalue weighted by molar-refractivity contribution is -0.240. The normalized spacial score (nSPS) is 19.4. The van der Waals surface area contributed by atoms with E-state index in [9.17, 15) is 9.59 Å². The van der Waals surface area contributed by atoms with Crippen molar-refractivity contribution in [3.05, 3.63) is 0 Å². The van der Waals surface area contributed by atoms with Gasteiger partial charge in [0.15, 0.2) is 5.92 Å². The first kappa shape index (κ1) is 13.5. The molecule has 5 heteroatoms. The Morgan fingerprint density at radius 3 is 2.29 bits per heavy atom. The molecule has 0 radical (unpaired) electrons. The highest BCUT2D eigenvalue weighted by molar-refractivity contribution is 5.96. The van der Waals surface area contributed by atoms with Crippen molar-refractivity contribution in [1.82, 2.24) is 0 Å². The van der Waals surface area contributed by atoms with Crippen molar-refractivity contribution in [3.8, 4) is 6.07 Å². The zero-order chi connectivity index (χ0) is 12.9. The van der Waals surface area contributed by atoms with E-state index in [0.717, 1.165) is 19.3 Å². The molecule has 0 aromatic heterocycles. The van der Waals surface area contributed by atoms with Crippen molar-refractivity contribution in [3.63, 3.8) is 0 Å². The Labute approximate surface area is 101 Å². The molecule has 1 saturated heterocycles. The summed E-state index contributed by atoms with van der Waals surface area (Å²) in [6.45, 7) is 3.07. The highest BCUT2D eigenvalue weighted by Crippen LogP contribution is 2.26. The maximum Gasteiger partial charge on any atom is 0.323 e. The molecular weight excluding hydrogens is 222 g/mol. The fourth-order valence-corrected chi connectivity index (χ4v) is 1.71. The first-order valence-corrected chi connectivity index (χ1v) is 5.79. The Morgan fingerprint density at radius 2 is 1.76 bits per heavy atom. The lowest BCUT2D eigenvalue weighted by atomic mass is 10.00. The molecule has 0 unspecified atom stereocenters. The molecule has 0 atom stereocenters. The highest BCUT2D eigenvalue weighted by atomic mass is 16.7. The first-order chi connectivity index (χ1) is 7.96. The number of nitrogens with zero attached hydrogens (tertiary/aromatic N) is 1. The number of hydrogen-bond acceptors (Lipinski definition) is 5. The predicted octanol–water partition coefficient (Wildman–Crippen LogP) is 1.91. The van der Waals surface area contributed by atoms with E-state index in [2.05, 4.69) is 6.07 Å². The summed E-state index contributed by atoms with van der Waals surface area (Å²) in [5.74, 6) is -2.96. The molecule has 17 heavy (non-hydrogen) atoms. The van der Waals surface area contributed by atoms with Crippen LogP contribution in [0, 0.1) is 17.2 Å². The Kier molecular flexibility index (Phi) is 4.50. The molecule has 1 rings (SSSR count). The zero-order valence-electron chi connectivity index (χ0n) is 10.2. The van der Waals surface area contributed by atoms with Crippen molar-refractivity contribution < 1.29 is 19.1 Å². The van der Waals surface area contributed by atoms with Crippen LogP contribution < -0.4 is 0 Å². The van der Waals surface area contributed by atoms with Crippen molar-refractivity contribution in [2.24, 2.45) is 5.92 Å². The minimum Gasteiger partial charge on any atom is -0.422 e. The summed E-state index contributed by atoms with van der Waals surface area (Å²) in [5.41, 5.74) is 0. The number of rotatable bonds is 5. The second-order valence-corrected chi connectivity index (χ2v) is 4.55. The van der Waals surface area contributed by atoms with Crippen molar-refractivity contribution in [1.29, 1.82) is 5.26 Å². The Morgan fingerprint density at radius 1 is 1.18 bits per heavy atom. The van der Waals surface area contributed by atoms with Crippen LogP contribution in [0.25, 0.3) is 0 Å². The summed E-state index contributed by atoms with van der Waals surface area (Å²) in [6, 6.07) is 2.05. The van der Waals surface area contributed by atoms with Crippen LogP contribution in [0.15, 0.2) is 0 Å². The third-order valence-electron chi connectivity index (χ3n) is 2.54. The van der Waals surface area contributed by atoms with Gasteiger partial charge in [0.25, 0.3) is 5.79 Å². The van der Waals surface area contributed by atoms with Gasteiger partial charge in [-0.2, -0.15) is 5.26 Å². The van der Waals surface area contributed by atoms with E-state index in [-0.39, 0.29) is 0 Å². The highest BCUT2D eigenvalue weighted by Gasteiger charge is 2.42. The molecule has 0 bridgehead atoms. The monoisotopic (exact) mass is 239 g/mol. The molecule has 0 aromatic rings. The molecule has 0 aliphatic carbocycles. The molecule has 0 N–H and O–H groups in total. The van der Waals surface area contributed by atoms with Gasteiger partial charge >= 0.3 is 11.9 Å². The smallest absolute Gasteiger partial charge is 0.323 e. The third-order valence-corrected chi connectivity index (χ3v) is 2.54. The van der Waals surface area contributed by atoms with E-state index in [0.29, 0.717) is 12.8 Å². The van der Waals surface area contributed by atoms with E-state index in [1.165, 1.54) is 13.8 Å². The van der Waals surface area contributed by atoms with E-state index in [1.807, 2.05) is 0 Å². The van der Waals surface area contributed by atoms with Gasteiger partial charge in [-0.1, -0.05) is 12.8 Å². The van der Waals surface area contributed by atoms with Gasteiger partial charge in [0.05, 0.1) is 6.07 Å². The van der Waals surface area contributed by atoms with Gasteiger partial charge in [0.1, 0.15) is 0 Å². The van der Waals surface area contributed by atoms with Gasteiger partial charge in [-0.3, -0.25) is 9.59 Å². The molecule has 1 aliphatic heterocycles. The largest absolute Gasteiger partial charge is 0.422 e. The number of carbonyl (C=O) groups excluding carboxylic acids is 2. The lowest BCUT2D eigenvalue weighted by Gasteiger charge is -2.32. The summed E-state index contributed by atoms with van der Waals surface area (Å²) in [6.07, 6.45) is 3.27. The number of ether oxygens (including phenoxy) is 2. The van der Waals surface area contributed by atoms with Crippen LogP contribution in [0.1, 0.15) is 46.0 Å². The Balaban J connectivity index is 2.36. The van der Waals surface area contributed by atoms with Crippen LogP contribution in [0.5, 0.6) is 0 Å². The molecule has 0 saturated carbocycles. The maximum atomic E-state index is 11.6. The van der Waals surface area contributed by atoms with Crippen LogP contribution in [-0.4, -0.2) is 17.7 Å². The number of nitriles is 1. The molecule has 0 spiro atoms. The SMILES string of the molecule is CC1(C)OC(=O)C(CCCCCC#N)C(=O)O1. The van der Waals surface area contributed by atoms with Gasteiger partial charge in [-0.15, -0.1) is 0 Å². The topological polar surface area (TPSA) is 76.4 Å². The van der Waals surface area contributed by atoms with Crippen LogP contribution in [0.2, 0.25) is 0 Å². The average Bonchev–Trinajstić information content (AvgIpc) is 2.19. The van der Waals surface area contributed by atoms with Gasteiger partial charge in [0, 0.05) is 20.3 Å². The average molecular weight is 239 g/mol. The van der Waals surface area contributed by atoms with Gasteiger partial charge < -0.3 is 9.47 Å². The standard InChI is InChI=1S/C12H17NO4/c1-12(2)16-10(14)9(11(15)17-12)7-5-3-4-6-8-13/h9H,3-7H2,1-2H3. The quantitative estimate of drug-likeness (QED) is 0.416. The minimum atomic E-state index is -1.15. The van der Waals surface area contributed by atoms with E-state index >= 15 is 0 Å². The zero-order valence-corrected chi connectivity index (χ0v) is 10.2. The van der Waals surface area contributed by atoms with Crippen molar-refractivity contribution >= 4 is 11.9 Å². The molecule has 0 aromatic carbocycles. The minimum absolute atomic E-state index is 0.430. The van der Waals surface area contributed by atoms with E-state index in [1.54, 1.807) is 0 Å². The predicted molar refractivity (Wildman–Crippen MR) is 58.5 cm³/mol. The van der Waals surface area contributed by atoms with Gasteiger partial charge in [0.2, 0.25) is 0 Å². The van der Waals surface area contributed by atoms with E-state index < -0.39 is 23.6 Å². The van der Waals surface area contributed by atoms with Crippen molar-refractivity contribution in [2.45, 2.75) is 51.7 Å². The molecule has 1 heterocycles. The van der Waals surface area contributed by atoms with Gasteiger partial charge in [-0.05, 0) is 12.8 Å². The Bertz CT molecular complexity index is 323. The number of unbranched alkanes of at least 4 members (excludes halogenated alkanes) is 3. The summed E-state index contributed by atoms with van der Waals surface area (Å²) < 4.78 is 10.0. The van der Waals surface area contributed by atoms with Gasteiger partial charge in [-0.25, -0.2) is 0 Å². The lowest BCUT2D eigenvalue weighted by Crippen LogP contribution is -2.46. The molecular formula is C12H17NO4.